The fourth-order valence-electron chi connectivity index (χ4n) is 4.16. The summed E-state index contributed by atoms with van der Waals surface area (Å²) < 4.78 is 0. The van der Waals surface area contributed by atoms with Crippen molar-refractivity contribution < 1.29 is 0 Å². The zero-order valence-corrected chi connectivity index (χ0v) is 20.6. The van der Waals surface area contributed by atoms with Gasteiger partial charge in [0.2, 0.25) is 0 Å². The van der Waals surface area contributed by atoms with Crippen molar-refractivity contribution in [3.05, 3.63) is 150 Å². The number of rotatable bonds is 7. The van der Waals surface area contributed by atoms with Crippen molar-refractivity contribution in [1.29, 1.82) is 0 Å². The molecule has 0 atom stereocenters. The van der Waals surface area contributed by atoms with Gasteiger partial charge in [-0.05, 0) is 85.6 Å². The Hall–Kier alpha value is -4.63. The summed E-state index contributed by atoms with van der Waals surface area (Å²) in [6.45, 7) is 4.24. The molecule has 0 aromatic heterocycles. The van der Waals surface area contributed by atoms with Gasteiger partial charge in [-0.3, -0.25) is 0 Å². The van der Waals surface area contributed by atoms with Crippen molar-refractivity contribution in [3.63, 3.8) is 0 Å². The molecule has 5 aromatic carbocycles. The molecule has 0 aliphatic rings. The van der Waals surface area contributed by atoms with Crippen molar-refractivity contribution in [1.82, 2.24) is 0 Å². The molecule has 0 spiro atoms. The number of hydrogen-bond acceptors (Lipinski definition) is 3. The summed E-state index contributed by atoms with van der Waals surface area (Å²) >= 11 is 0. The van der Waals surface area contributed by atoms with Crippen LogP contribution in [-0.2, 0) is 0 Å². The smallest absolute Gasteiger partial charge is 0.0652 e. The van der Waals surface area contributed by atoms with Gasteiger partial charge < -0.3 is 4.90 Å². The first kappa shape index (κ1) is 23.1. The third-order valence-electron chi connectivity index (χ3n) is 6.03. The van der Waals surface area contributed by atoms with Gasteiger partial charge in [0.15, 0.2) is 0 Å². The third kappa shape index (κ3) is 5.37. The highest BCUT2D eigenvalue weighted by Gasteiger charge is 2.12. The maximum Gasteiger partial charge on any atom is 0.0652 e. The van der Waals surface area contributed by atoms with E-state index in [1.54, 1.807) is 0 Å². The lowest BCUT2D eigenvalue weighted by Gasteiger charge is -2.26. The van der Waals surface area contributed by atoms with Crippen LogP contribution in [0.4, 0.5) is 28.4 Å². The zero-order chi connectivity index (χ0) is 24.7. The van der Waals surface area contributed by atoms with Gasteiger partial charge in [0.05, 0.1) is 17.6 Å². The topological polar surface area (TPSA) is 18.8 Å². The molecule has 0 aliphatic heterocycles. The van der Waals surface area contributed by atoms with Crippen LogP contribution in [0.2, 0.25) is 0 Å². The number of para-hydroxylation sites is 2. The molecule has 3 nitrogen and oxygen atoms in total. The van der Waals surface area contributed by atoms with Crippen LogP contribution < -0.4 is 9.91 Å². The molecule has 0 saturated carbocycles. The second-order valence-corrected chi connectivity index (χ2v) is 8.83. The molecule has 0 heterocycles. The largest absolute Gasteiger partial charge is 0.310 e. The van der Waals surface area contributed by atoms with E-state index >= 15 is 0 Å². The highest BCUT2D eigenvalue weighted by atomic mass is 15.5. The summed E-state index contributed by atoms with van der Waals surface area (Å²) in [4.78, 5) is 2.29. The number of hydrogen-bond donors (Lipinski definition) is 0. The van der Waals surface area contributed by atoms with Crippen molar-refractivity contribution in [2.75, 3.05) is 9.91 Å². The molecule has 5 rings (SSSR count). The van der Waals surface area contributed by atoms with Gasteiger partial charge in [-0.2, -0.15) is 5.10 Å². The molecule has 0 amide bonds. The van der Waals surface area contributed by atoms with E-state index in [1.165, 1.54) is 11.1 Å². The molecular formula is C33H29N3. The van der Waals surface area contributed by atoms with Crippen molar-refractivity contribution in [3.8, 4) is 0 Å². The SMILES string of the molecule is Cc1ccc(N(c2ccc(C=NN(c3ccccc3)c3ccccc3)cc2)c2cccc(C)c2)cc1. The van der Waals surface area contributed by atoms with E-state index in [-0.39, 0.29) is 0 Å². The number of nitrogens with zero attached hydrogens (tertiary/aromatic N) is 3. The summed E-state index contributed by atoms with van der Waals surface area (Å²) in [6.07, 6.45) is 1.91. The second-order valence-electron chi connectivity index (χ2n) is 8.83. The molecule has 5 aromatic rings. The van der Waals surface area contributed by atoms with E-state index in [1.807, 2.05) is 47.6 Å². The standard InChI is InChI=1S/C33H29N3/c1-26-16-20-29(21-17-26)35(33-15-9-10-27(2)24-33)30-22-18-28(19-23-30)25-34-36(31-11-5-3-6-12-31)32-13-7-4-8-14-32/h3-25H,1-2H3. The Morgan fingerprint density at radius 2 is 1.00 bits per heavy atom. The Morgan fingerprint density at radius 3 is 1.56 bits per heavy atom. The van der Waals surface area contributed by atoms with Crippen LogP contribution in [0.1, 0.15) is 16.7 Å². The number of aryl methyl sites for hydroxylation is 2. The maximum atomic E-state index is 4.84. The summed E-state index contributed by atoms with van der Waals surface area (Å²) in [7, 11) is 0. The van der Waals surface area contributed by atoms with Crippen LogP contribution in [0, 0.1) is 13.8 Å². The number of benzene rings is 5. The van der Waals surface area contributed by atoms with E-state index in [0.717, 1.165) is 34.0 Å². The highest BCUT2D eigenvalue weighted by Crippen LogP contribution is 2.35. The minimum Gasteiger partial charge on any atom is -0.310 e. The van der Waals surface area contributed by atoms with Crippen LogP contribution in [0.5, 0.6) is 0 Å². The average Bonchev–Trinajstić information content (AvgIpc) is 2.92. The molecule has 0 unspecified atom stereocenters. The van der Waals surface area contributed by atoms with Crippen LogP contribution in [0.25, 0.3) is 0 Å². The zero-order valence-electron chi connectivity index (χ0n) is 20.6. The summed E-state index contributed by atoms with van der Waals surface area (Å²) in [6, 6.07) is 46.2. The Balaban J connectivity index is 1.46. The normalized spacial score (nSPS) is 10.9. The van der Waals surface area contributed by atoms with Crippen molar-refractivity contribution in [2.24, 2.45) is 5.10 Å². The first-order chi connectivity index (χ1) is 17.7. The minimum atomic E-state index is 1.02. The Morgan fingerprint density at radius 1 is 0.472 bits per heavy atom. The lowest BCUT2D eigenvalue weighted by Crippen LogP contribution is -2.10. The van der Waals surface area contributed by atoms with Gasteiger partial charge >= 0.3 is 0 Å². The summed E-state index contributed by atoms with van der Waals surface area (Å²) in [5, 5.41) is 6.80. The maximum absolute atomic E-state index is 4.84. The lowest BCUT2D eigenvalue weighted by molar-refractivity contribution is 1.09. The van der Waals surface area contributed by atoms with E-state index in [2.05, 4.69) is 116 Å². The van der Waals surface area contributed by atoms with Gasteiger partial charge in [-0.25, -0.2) is 5.01 Å². The molecule has 0 fully saturated rings. The molecule has 0 N–H and O–H groups in total. The third-order valence-corrected chi connectivity index (χ3v) is 6.03. The van der Waals surface area contributed by atoms with E-state index in [0.29, 0.717) is 0 Å². The predicted molar refractivity (Wildman–Crippen MR) is 153 cm³/mol. The number of anilines is 5. The van der Waals surface area contributed by atoms with E-state index in [4.69, 9.17) is 5.10 Å². The van der Waals surface area contributed by atoms with Crippen molar-refractivity contribution >= 4 is 34.7 Å². The first-order valence-corrected chi connectivity index (χ1v) is 12.2. The monoisotopic (exact) mass is 467 g/mol. The van der Waals surface area contributed by atoms with Crippen LogP contribution in [0.15, 0.2) is 139 Å². The van der Waals surface area contributed by atoms with Gasteiger partial charge in [-0.15, -0.1) is 0 Å². The average molecular weight is 468 g/mol. The Labute approximate surface area is 213 Å². The van der Waals surface area contributed by atoms with Gasteiger partial charge in [0, 0.05) is 17.1 Å². The first-order valence-electron chi connectivity index (χ1n) is 12.2. The minimum absolute atomic E-state index is 1.02. The fraction of sp³-hybridized carbons (Fsp3) is 0.0606. The molecule has 36 heavy (non-hydrogen) atoms. The molecule has 0 bridgehead atoms. The Kier molecular flexibility index (Phi) is 6.90. The summed E-state index contributed by atoms with van der Waals surface area (Å²) in [5.74, 6) is 0. The van der Waals surface area contributed by atoms with Gasteiger partial charge in [-0.1, -0.05) is 78.4 Å². The molecule has 0 saturated heterocycles. The van der Waals surface area contributed by atoms with Crippen LogP contribution in [-0.4, -0.2) is 6.21 Å². The quantitative estimate of drug-likeness (QED) is 0.176. The van der Waals surface area contributed by atoms with Gasteiger partial charge in [0.1, 0.15) is 0 Å². The van der Waals surface area contributed by atoms with Crippen LogP contribution in [0.3, 0.4) is 0 Å². The molecule has 3 heteroatoms. The second kappa shape index (κ2) is 10.7. The predicted octanol–water partition coefficient (Wildman–Crippen LogP) is 8.95. The van der Waals surface area contributed by atoms with E-state index < -0.39 is 0 Å². The van der Waals surface area contributed by atoms with Gasteiger partial charge in [0.25, 0.3) is 0 Å². The van der Waals surface area contributed by atoms with Crippen molar-refractivity contribution in [2.45, 2.75) is 13.8 Å². The molecule has 0 radical (unpaired) electrons. The Bertz CT molecular complexity index is 1390. The molecule has 0 aliphatic carbocycles. The lowest BCUT2D eigenvalue weighted by atomic mass is 10.1. The number of hydrazone groups is 1. The van der Waals surface area contributed by atoms with Crippen LogP contribution >= 0.6 is 0 Å². The highest BCUT2D eigenvalue weighted by molar-refractivity contribution is 5.84. The van der Waals surface area contributed by atoms with E-state index in [9.17, 15) is 0 Å². The fourth-order valence-corrected chi connectivity index (χ4v) is 4.16. The molecule has 176 valence electrons. The molecular weight excluding hydrogens is 438 g/mol. The summed E-state index contributed by atoms with van der Waals surface area (Å²) in [5.41, 5.74) is 8.91.